The summed E-state index contributed by atoms with van der Waals surface area (Å²) in [4.78, 5) is 15.1. The van der Waals surface area contributed by atoms with Crippen LogP contribution in [0.3, 0.4) is 0 Å². The predicted molar refractivity (Wildman–Crippen MR) is 56.5 cm³/mol. The van der Waals surface area contributed by atoms with E-state index in [9.17, 15) is 18.0 Å². The first kappa shape index (κ1) is 13.4. The maximum atomic E-state index is 11.8. The Morgan fingerprint density at radius 2 is 2.18 bits per heavy atom. The van der Waals surface area contributed by atoms with Crippen molar-refractivity contribution in [2.75, 3.05) is 18.4 Å². The second-order valence-electron chi connectivity index (χ2n) is 3.46. The van der Waals surface area contributed by atoms with Crippen LogP contribution in [0.25, 0.3) is 0 Å². The SMILES string of the molecule is Cc1cnccc1NC(=O)CNCC(F)(F)F. The van der Waals surface area contributed by atoms with E-state index in [-0.39, 0.29) is 6.54 Å². The Kier molecular flexibility index (Phi) is 4.45. The molecule has 0 saturated heterocycles. The van der Waals surface area contributed by atoms with Gasteiger partial charge < -0.3 is 10.6 Å². The maximum absolute atomic E-state index is 11.8. The van der Waals surface area contributed by atoms with Gasteiger partial charge in [-0.1, -0.05) is 0 Å². The molecule has 0 unspecified atom stereocenters. The Labute approximate surface area is 96.2 Å². The number of alkyl halides is 3. The lowest BCUT2D eigenvalue weighted by Gasteiger charge is -2.09. The molecule has 0 atom stereocenters. The van der Waals surface area contributed by atoms with Gasteiger partial charge in [0.15, 0.2) is 0 Å². The van der Waals surface area contributed by atoms with Crippen molar-refractivity contribution >= 4 is 11.6 Å². The Hall–Kier alpha value is -1.63. The Balaban J connectivity index is 2.38. The summed E-state index contributed by atoms with van der Waals surface area (Å²) in [6.07, 6.45) is -1.27. The average Bonchev–Trinajstić information content (AvgIpc) is 2.19. The van der Waals surface area contributed by atoms with Gasteiger partial charge in [-0.15, -0.1) is 0 Å². The zero-order valence-electron chi connectivity index (χ0n) is 9.14. The van der Waals surface area contributed by atoms with Gasteiger partial charge in [0.25, 0.3) is 0 Å². The van der Waals surface area contributed by atoms with Crippen LogP contribution in [0, 0.1) is 6.92 Å². The fraction of sp³-hybridized carbons (Fsp3) is 0.400. The van der Waals surface area contributed by atoms with Gasteiger partial charge in [0.1, 0.15) is 0 Å². The van der Waals surface area contributed by atoms with E-state index in [2.05, 4.69) is 10.3 Å². The number of carbonyl (C=O) groups excluding carboxylic acids is 1. The number of aryl methyl sites for hydroxylation is 1. The van der Waals surface area contributed by atoms with Crippen molar-refractivity contribution < 1.29 is 18.0 Å². The number of aromatic nitrogens is 1. The lowest BCUT2D eigenvalue weighted by molar-refractivity contribution is -0.126. The summed E-state index contributed by atoms with van der Waals surface area (Å²) in [5.41, 5.74) is 1.29. The molecule has 2 N–H and O–H groups in total. The number of hydrogen-bond donors (Lipinski definition) is 2. The fourth-order valence-electron chi connectivity index (χ4n) is 1.13. The Morgan fingerprint density at radius 1 is 1.47 bits per heavy atom. The number of hydrogen-bond acceptors (Lipinski definition) is 3. The number of halogens is 3. The quantitative estimate of drug-likeness (QED) is 0.847. The largest absolute Gasteiger partial charge is 0.401 e. The van der Waals surface area contributed by atoms with Crippen molar-refractivity contribution in [3.63, 3.8) is 0 Å². The van der Waals surface area contributed by atoms with Crippen LogP contribution in [0.15, 0.2) is 18.5 Å². The Bertz CT molecular complexity index is 393. The lowest BCUT2D eigenvalue weighted by atomic mass is 10.2. The summed E-state index contributed by atoms with van der Waals surface area (Å²) >= 11 is 0. The van der Waals surface area contributed by atoms with E-state index in [1.54, 1.807) is 19.2 Å². The molecule has 0 radical (unpaired) electrons. The van der Waals surface area contributed by atoms with Crippen LogP contribution < -0.4 is 10.6 Å². The molecule has 1 rings (SSSR count). The first-order valence-corrected chi connectivity index (χ1v) is 4.86. The van der Waals surface area contributed by atoms with Gasteiger partial charge in [0, 0.05) is 18.1 Å². The molecule has 0 spiro atoms. The third-order valence-corrected chi connectivity index (χ3v) is 1.91. The first-order valence-electron chi connectivity index (χ1n) is 4.86. The number of nitrogens with zero attached hydrogens (tertiary/aromatic N) is 1. The minimum absolute atomic E-state index is 0.388. The normalized spacial score (nSPS) is 11.3. The van der Waals surface area contributed by atoms with Crippen LogP contribution in [0.5, 0.6) is 0 Å². The molecule has 1 heterocycles. The lowest BCUT2D eigenvalue weighted by Crippen LogP contribution is -2.35. The van der Waals surface area contributed by atoms with Crippen LogP contribution in [-0.4, -0.2) is 30.2 Å². The van der Waals surface area contributed by atoms with Crippen LogP contribution >= 0.6 is 0 Å². The maximum Gasteiger partial charge on any atom is 0.401 e. The summed E-state index contributed by atoms with van der Waals surface area (Å²) in [7, 11) is 0. The third-order valence-electron chi connectivity index (χ3n) is 1.91. The van der Waals surface area contributed by atoms with Gasteiger partial charge in [-0.3, -0.25) is 9.78 Å². The van der Waals surface area contributed by atoms with E-state index in [0.29, 0.717) is 5.69 Å². The van der Waals surface area contributed by atoms with Gasteiger partial charge in [-0.05, 0) is 18.6 Å². The molecule has 0 aliphatic carbocycles. The molecule has 17 heavy (non-hydrogen) atoms. The van der Waals surface area contributed by atoms with Gasteiger partial charge in [-0.2, -0.15) is 13.2 Å². The molecular weight excluding hydrogens is 235 g/mol. The second kappa shape index (κ2) is 5.62. The monoisotopic (exact) mass is 247 g/mol. The molecule has 1 amide bonds. The average molecular weight is 247 g/mol. The summed E-state index contributed by atoms with van der Waals surface area (Å²) in [6.45, 7) is 0.169. The molecular formula is C10H12F3N3O. The van der Waals surface area contributed by atoms with Crippen molar-refractivity contribution in [1.29, 1.82) is 0 Å². The standard InChI is InChI=1S/C10H12F3N3O/c1-7-4-14-3-2-8(7)16-9(17)5-15-6-10(11,12)13/h2-4,15H,5-6H2,1H3,(H,14,16,17). The third kappa shape index (κ3) is 5.30. The highest BCUT2D eigenvalue weighted by Gasteiger charge is 2.26. The summed E-state index contributed by atoms with van der Waals surface area (Å²) in [5.74, 6) is -0.524. The van der Waals surface area contributed by atoms with Crippen LogP contribution in [0.2, 0.25) is 0 Å². The van der Waals surface area contributed by atoms with Crippen molar-refractivity contribution in [2.24, 2.45) is 0 Å². The molecule has 0 fully saturated rings. The summed E-state index contributed by atoms with van der Waals surface area (Å²) in [5, 5.41) is 4.50. The van der Waals surface area contributed by atoms with E-state index in [0.717, 1.165) is 5.56 Å². The topological polar surface area (TPSA) is 54.0 Å². The zero-order chi connectivity index (χ0) is 12.9. The molecule has 0 saturated carbocycles. The summed E-state index contributed by atoms with van der Waals surface area (Å²) < 4.78 is 35.4. The molecule has 1 aromatic heterocycles. The first-order chi connectivity index (χ1) is 7.88. The highest BCUT2D eigenvalue weighted by molar-refractivity contribution is 5.92. The molecule has 7 heteroatoms. The highest BCUT2D eigenvalue weighted by atomic mass is 19.4. The fourth-order valence-corrected chi connectivity index (χ4v) is 1.13. The van der Waals surface area contributed by atoms with E-state index < -0.39 is 18.6 Å². The van der Waals surface area contributed by atoms with Crippen molar-refractivity contribution in [2.45, 2.75) is 13.1 Å². The molecule has 0 bridgehead atoms. The molecule has 4 nitrogen and oxygen atoms in total. The van der Waals surface area contributed by atoms with Crippen molar-refractivity contribution in [3.05, 3.63) is 24.0 Å². The van der Waals surface area contributed by atoms with Gasteiger partial charge in [0.2, 0.25) is 5.91 Å². The summed E-state index contributed by atoms with van der Waals surface area (Å²) in [6, 6.07) is 1.58. The minimum Gasteiger partial charge on any atom is -0.325 e. The smallest absolute Gasteiger partial charge is 0.325 e. The van der Waals surface area contributed by atoms with E-state index in [1.807, 2.05) is 5.32 Å². The van der Waals surface area contributed by atoms with E-state index in [4.69, 9.17) is 0 Å². The number of carbonyl (C=O) groups is 1. The van der Waals surface area contributed by atoms with Crippen LogP contribution in [-0.2, 0) is 4.79 Å². The molecule has 94 valence electrons. The molecule has 1 aromatic rings. The van der Waals surface area contributed by atoms with E-state index >= 15 is 0 Å². The van der Waals surface area contributed by atoms with Gasteiger partial charge >= 0.3 is 6.18 Å². The van der Waals surface area contributed by atoms with Crippen molar-refractivity contribution in [1.82, 2.24) is 10.3 Å². The highest BCUT2D eigenvalue weighted by Crippen LogP contribution is 2.12. The molecule has 0 aliphatic rings. The second-order valence-corrected chi connectivity index (χ2v) is 3.46. The Morgan fingerprint density at radius 3 is 2.76 bits per heavy atom. The number of anilines is 1. The number of pyridine rings is 1. The van der Waals surface area contributed by atoms with Gasteiger partial charge in [0.05, 0.1) is 13.1 Å². The number of amides is 1. The van der Waals surface area contributed by atoms with Gasteiger partial charge in [-0.25, -0.2) is 0 Å². The molecule has 0 aromatic carbocycles. The van der Waals surface area contributed by atoms with E-state index in [1.165, 1.54) is 6.20 Å². The number of nitrogens with one attached hydrogen (secondary N) is 2. The van der Waals surface area contributed by atoms with Crippen LogP contribution in [0.4, 0.5) is 18.9 Å². The minimum atomic E-state index is -4.31. The zero-order valence-corrected chi connectivity index (χ0v) is 9.14. The predicted octanol–water partition coefficient (Wildman–Crippen LogP) is 1.48. The number of rotatable bonds is 4. The van der Waals surface area contributed by atoms with Crippen LogP contribution in [0.1, 0.15) is 5.56 Å². The molecule has 0 aliphatic heterocycles. The van der Waals surface area contributed by atoms with Crippen molar-refractivity contribution in [3.8, 4) is 0 Å².